The molecule has 158 valence electrons. The van der Waals surface area contributed by atoms with Crippen LogP contribution in [0.2, 0.25) is 0 Å². The Morgan fingerprint density at radius 1 is 1.17 bits per heavy atom. The van der Waals surface area contributed by atoms with Gasteiger partial charge in [0.2, 0.25) is 0 Å². The van der Waals surface area contributed by atoms with Gasteiger partial charge in [0.15, 0.2) is 5.96 Å². The number of benzene rings is 1. The first-order chi connectivity index (χ1) is 13.8. The Balaban J connectivity index is 0.00000240. The molecule has 2 fully saturated rings. The van der Waals surface area contributed by atoms with E-state index in [9.17, 15) is 0 Å². The predicted octanol–water partition coefficient (Wildman–Crippen LogP) is 2.50. The summed E-state index contributed by atoms with van der Waals surface area (Å²) in [7, 11) is 1.84. The molecule has 2 atom stereocenters. The van der Waals surface area contributed by atoms with Crippen molar-refractivity contribution in [3.63, 3.8) is 0 Å². The van der Waals surface area contributed by atoms with Gasteiger partial charge in [0.05, 0.1) is 19.3 Å². The second-order valence-electron chi connectivity index (χ2n) is 7.28. The Morgan fingerprint density at radius 2 is 2.00 bits per heavy atom. The quantitative estimate of drug-likeness (QED) is 0.380. The first-order valence-electron chi connectivity index (χ1n) is 10.1. The Kier molecular flexibility index (Phi) is 8.31. The van der Waals surface area contributed by atoms with Crippen molar-refractivity contribution < 1.29 is 9.47 Å². The van der Waals surface area contributed by atoms with E-state index in [1.807, 2.05) is 30.2 Å². The third-order valence-electron chi connectivity index (χ3n) is 5.43. The third-order valence-corrected chi connectivity index (χ3v) is 5.43. The average molecular weight is 511 g/mol. The Labute approximate surface area is 189 Å². The fraction of sp³-hybridized carbons (Fsp3) is 0.524. The number of guanidine groups is 1. The maximum absolute atomic E-state index is 5.97. The summed E-state index contributed by atoms with van der Waals surface area (Å²) in [6.45, 7) is 4.72. The maximum Gasteiger partial charge on any atom is 0.194 e. The number of hydrogen-bond donors (Lipinski definition) is 1. The molecule has 7 nitrogen and oxygen atoms in total. The lowest BCUT2D eigenvalue weighted by Gasteiger charge is -2.37. The molecule has 0 amide bonds. The lowest BCUT2D eigenvalue weighted by molar-refractivity contribution is -0.0817. The predicted molar refractivity (Wildman–Crippen MR) is 124 cm³/mol. The van der Waals surface area contributed by atoms with Gasteiger partial charge in [0.25, 0.3) is 0 Å². The first-order valence-corrected chi connectivity index (χ1v) is 10.1. The monoisotopic (exact) mass is 511 g/mol. The van der Waals surface area contributed by atoms with E-state index in [2.05, 4.69) is 44.6 Å². The molecule has 8 heteroatoms. The van der Waals surface area contributed by atoms with Crippen molar-refractivity contribution in [2.24, 2.45) is 4.99 Å². The van der Waals surface area contributed by atoms with Gasteiger partial charge in [0, 0.05) is 45.7 Å². The van der Waals surface area contributed by atoms with Crippen LogP contribution in [-0.4, -0.2) is 66.2 Å². The summed E-state index contributed by atoms with van der Waals surface area (Å²) in [5.74, 6) is 0.917. The number of halogens is 1. The molecule has 0 radical (unpaired) electrons. The second-order valence-corrected chi connectivity index (χ2v) is 7.28. The summed E-state index contributed by atoms with van der Waals surface area (Å²) >= 11 is 0. The molecule has 0 saturated carbocycles. The van der Waals surface area contributed by atoms with Crippen LogP contribution in [-0.2, 0) is 22.6 Å². The number of ether oxygens (including phenoxy) is 2. The van der Waals surface area contributed by atoms with Crippen molar-refractivity contribution in [2.75, 3.05) is 33.4 Å². The number of aromatic nitrogens is 2. The number of hydrogen-bond acceptors (Lipinski definition) is 4. The Bertz CT molecular complexity index is 777. The molecule has 0 spiro atoms. The summed E-state index contributed by atoms with van der Waals surface area (Å²) in [4.78, 5) is 6.79. The average Bonchev–Trinajstić information content (AvgIpc) is 3.44. The third kappa shape index (κ3) is 5.70. The number of aliphatic imine (C=N–C) groups is 1. The fourth-order valence-electron chi connectivity index (χ4n) is 3.95. The van der Waals surface area contributed by atoms with Crippen molar-refractivity contribution >= 4 is 29.9 Å². The highest BCUT2D eigenvalue weighted by Gasteiger charge is 2.32. The van der Waals surface area contributed by atoms with E-state index in [4.69, 9.17) is 9.47 Å². The minimum Gasteiger partial charge on any atom is -0.375 e. The van der Waals surface area contributed by atoms with Gasteiger partial charge in [-0.25, -0.2) is 0 Å². The highest BCUT2D eigenvalue weighted by molar-refractivity contribution is 14.0. The van der Waals surface area contributed by atoms with Gasteiger partial charge in [-0.1, -0.05) is 24.3 Å². The minimum absolute atomic E-state index is 0. The van der Waals surface area contributed by atoms with Crippen LogP contribution < -0.4 is 5.32 Å². The van der Waals surface area contributed by atoms with E-state index >= 15 is 0 Å². The van der Waals surface area contributed by atoms with Gasteiger partial charge in [-0.05, 0) is 30.0 Å². The van der Waals surface area contributed by atoms with Crippen molar-refractivity contribution in [2.45, 2.75) is 38.1 Å². The van der Waals surface area contributed by atoms with Crippen molar-refractivity contribution in [1.82, 2.24) is 20.0 Å². The fourth-order valence-corrected chi connectivity index (χ4v) is 3.95. The Morgan fingerprint density at radius 3 is 2.72 bits per heavy atom. The zero-order chi connectivity index (χ0) is 19.2. The van der Waals surface area contributed by atoms with Crippen molar-refractivity contribution in [1.29, 1.82) is 0 Å². The van der Waals surface area contributed by atoms with Crippen LogP contribution in [0.4, 0.5) is 0 Å². The number of nitrogens with one attached hydrogen (secondary N) is 1. The van der Waals surface area contributed by atoms with E-state index in [0.717, 1.165) is 51.6 Å². The molecule has 3 heterocycles. The normalized spacial score (nSPS) is 22.4. The lowest BCUT2D eigenvalue weighted by atomic mass is 10.1. The summed E-state index contributed by atoms with van der Waals surface area (Å²) in [6.07, 6.45) is 6.36. The van der Waals surface area contributed by atoms with Gasteiger partial charge < -0.3 is 19.7 Å². The molecule has 2 saturated heterocycles. The zero-order valence-electron chi connectivity index (χ0n) is 16.9. The number of rotatable bonds is 5. The molecule has 2 unspecified atom stereocenters. The van der Waals surface area contributed by atoms with Crippen LogP contribution in [0.3, 0.4) is 0 Å². The highest BCUT2D eigenvalue weighted by atomic mass is 127. The second kappa shape index (κ2) is 10.9. The van der Waals surface area contributed by atoms with E-state index in [1.165, 1.54) is 11.1 Å². The van der Waals surface area contributed by atoms with Crippen LogP contribution in [0.1, 0.15) is 24.0 Å². The van der Waals surface area contributed by atoms with Gasteiger partial charge >= 0.3 is 0 Å². The lowest BCUT2D eigenvalue weighted by Crippen LogP contribution is -2.53. The Hall–Kier alpha value is -1.65. The van der Waals surface area contributed by atoms with E-state index < -0.39 is 0 Å². The minimum atomic E-state index is 0. The molecule has 2 aromatic rings. The van der Waals surface area contributed by atoms with Gasteiger partial charge in [0.1, 0.15) is 6.10 Å². The summed E-state index contributed by atoms with van der Waals surface area (Å²) < 4.78 is 13.7. The summed E-state index contributed by atoms with van der Waals surface area (Å²) in [5, 5.41) is 7.86. The van der Waals surface area contributed by atoms with Crippen LogP contribution in [0, 0.1) is 0 Å². The van der Waals surface area contributed by atoms with Crippen molar-refractivity contribution in [3.05, 3.63) is 53.9 Å². The molecule has 1 aromatic heterocycles. The van der Waals surface area contributed by atoms with Crippen LogP contribution in [0.15, 0.2) is 47.7 Å². The first kappa shape index (κ1) is 22.0. The van der Waals surface area contributed by atoms with Crippen LogP contribution in [0.5, 0.6) is 0 Å². The molecule has 0 bridgehead atoms. The van der Waals surface area contributed by atoms with Gasteiger partial charge in [-0.15, -0.1) is 24.0 Å². The van der Waals surface area contributed by atoms with Gasteiger partial charge in [-0.2, -0.15) is 5.10 Å². The van der Waals surface area contributed by atoms with E-state index in [-0.39, 0.29) is 36.2 Å². The standard InChI is InChI=1S/C21H29N5O2.HI/c1-22-21(25-11-13-28-20(16-25)19-8-4-12-27-19)23-14-17-6-2-3-7-18(17)15-26-10-5-9-24-26;/h2-3,5-7,9-10,19-20H,4,8,11-16H2,1H3,(H,22,23);1H. The summed E-state index contributed by atoms with van der Waals surface area (Å²) in [6, 6.07) is 10.4. The molecule has 2 aliphatic rings. The molecular formula is C21H30IN5O2. The molecule has 1 aromatic carbocycles. The van der Waals surface area contributed by atoms with Gasteiger partial charge in [-0.3, -0.25) is 9.67 Å². The van der Waals surface area contributed by atoms with Crippen LogP contribution >= 0.6 is 24.0 Å². The SMILES string of the molecule is CN=C(NCc1ccccc1Cn1cccn1)N1CCOC(C2CCCO2)C1.I. The maximum atomic E-state index is 5.97. The van der Waals surface area contributed by atoms with Crippen LogP contribution in [0.25, 0.3) is 0 Å². The molecule has 4 rings (SSSR count). The molecule has 0 aliphatic carbocycles. The number of nitrogens with zero attached hydrogens (tertiary/aromatic N) is 4. The van der Waals surface area contributed by atoms with E-state index in [1.54, 1.807) is 0 Å². The molecular weight excluding hydrogens is 481 g/mol. The smallest absolute Gasteiger partial charge is 0.194 e. The molecule has 2 aliphatic heterocycles. The van der Waals surface area contributed by atoms with Crippen molar-refractivity contribution in [3.8, 4) is 0 Å². The zero-order valence-corrected chi connectivity index (χ0v) is 19.2. The summed E-state index contributed by atoms with van der Waals surface area (Å²) in [5.41, 5.74) is 2.51. The number of morpholine rings is 1. The largest absolute Gasteiger partial charge is 0.375 e. The highest BCUT2D eigenvalue weighted by Crippen LogP contribution is 2.21. The molecule has 29 heavy (non-hydrogen) atoms. The topological polar surface area (TPSA) is 63.9 Å². The van der Waals surface area contributed by atoms with E-state index in [0.29, 0.717) is 6.61 Å². The molecule has 1 N–H and O–H groups in total.